The molecule has 4 atom stereocenters. The van der Waals surface area contributed by atoms with Gasteiger partial charge >= 0.3 is 0 Å². The molecular weight excluding hydrogens is 288 g/mol. The Morgan fingerprint density at radius 2 is 1.91 bits per heavy atom. The van der Waals surface area contributed by atoms with E-state index in [1.807, 2.05) is 18.2 Å². The van der Waals surface area contributed by atoms with Crippen molar-refractivity contribution in [3.63, 3.8) is 0 Å². The molecule has 2 fully saturated rings. The van der Waals surface area contributed by atoms with Crippen molar-refractivity contribution in [2.45, 2.75) is 50.7 Å². The summed E-state index contributed by atoms with van der Waals surface area (Å²) in [5.41, 5.74) is 7.28. The van der Waals surface area contributed by atoms with Gasteiger partial charge in [0.2, 0.25) is 5.91 Å². The summed E-state index contributed by atoms with van der Waals surface area (Å²) >= 11 is 0. The van der Waals surface area contributed by atoms with Crippen LogP contribution in [0.3, 0.4) is 0 Å². The van der Waals surface area contributed by atoms with Crippen molar-refractivity contribution in [2.24, 2.45) is 17.6 Å². The van der Waals surface area contributed by atoms with Crippen LogP contribution in [0.5, 0.6) is 0 Å². The minimum atomic E-state index is 0.0963. The van der Waals surface area contributed by atoms with Crippen molar-refractivity contribution < 1.29 is 9.53 Å². The maximum absolute atomic E-state index is 12.2. The second-order valence-electron chi connectivity index (χ2n) is 6.97. The summed E-state index contributed by atoms with van der Waals surface area (Å²) in [5.74, 6) is 0.861. The standard InChI is InChI=1S/C19H28N2O2/c20-17-10-4-8-15(17)12-18(22)21-13-16-9-5-11-23-19(16)14-6-2-1-3-7-14/h1-3,6-7,15-17,19H,4-5,8-13,20H2,(H,21,22)/t15-,16?,17+,19?/m0/s1. The normalized spacial score (nSPS) is 31.0. The molecule has 126 valence electrons. The molecule has 23 heavy (non-hydrogen) atoms. The van der Waals surface area contributed by atoms with Gasteiger partial charge in [0.25, 0.3) is 0 Å². The van der Waals surface area contributed by atoms with E-state index < -0.39 is 0 Å². The number of ether oxygens (including phenoxy) is 1. The predicted molar refractivity (Wildman–Crippen MR) is 90.8 cm³/mol. The molecule has 1 aromatic rings. The second-order valence-corrected chi connectivity index (χ2v) is 6.97. The van der Waals surface area contributed by atoms with Crippen molar-refractivity contribution in [1.82, 2.24) is 5.32 Å². The van der Waals surface area contributed by atoms with Gasteiger partial charge in [0.1, 0.15) is 0 Å². The summed E-state index contributed by atoms with van der Waals surface area (Å²) in [5, 5.41) is 3.13. The van der Waals surface area contributed by atoms with Crippen molar-refractivity contribution in [2.75, 3.05) is 13.2 Å². The highest BCUT2D eigenvalue weighted by molar-refractivity contribution is 5.76. The average Bonchev–Trinajstić information content (AvgIpc) is 2.99. The monoisotopic (exact) mass is 316 g/mol. The SMILES string of the molecule is N[C@@H]1CCC[C@H]1CC(=O)NCC1CCCOC1c1ccccc1. The lowest BCUT2D eigenvalue weighted by atomic mass is 9.89. The molecule has 4 nitrogen and oxygen atoms in total. The summed E-state index contributed by atoms with van der Waals surface area (Å²) in [6, 6.07) is 10.5. The van der Waals surface area contributed by atoms with E-state index in [-0.39, 0.29) is 18.1 Å². The third-order valence-corrected chi connectivity index (χ3v) is 5.30. The van der Waals surface area contributed by atoms with Gasteiger partial charge in [-0.2, -0.15) is 0 Å². The van der Waals surface area contributed by atoms with Gasteiger partial charge in [-0.15, -0.1) is 0 Å². The van der Waals surface area contributed by atoms with E-state index in [2.05, 4.69) is 17.4 Å². The van der Waals surface area contributed by atoms with Crippen LogP contribution in [0.4, 0.5) is 0 Å². The highest BCUT2D eigenvalue weighted by Gasteiger charge is 2.29. The third-order valence-electron chi connectivity index (χ3n) is 5.30. The van der Waals surface area contributed by atoms with Gasteiger partial charge in [-0.3, -0.25) is 4.79 Å². The van der Waals surface area contributed by atoms with Crippen LogP contribution in [0, 0.1) is 11.8 Å². The lowest BCUT2D eigenvalue weighted by Crippen LogP contribution is -2.37. The van der Waals surface area contributed by atoms with E-state index in [1.165, 1.54) is 5.56 Å². The first kappa shape index (κ1) is 16.5. The van der Waals surface area contributed by atoms with Gasteiger partial charge in [-0.1, -0.05) is 36.8 Å². The van der Waals surface area contributed by atoms with Gasteiger partial charge in [-0.05, 0) is 37.2 Å². The van der Waals surface area contributed by atoms with E-state index in [4.69, 9.17) is 10.5 Å². The van der Waals surface area contributed by atoms with Crippen LogP contribution in [-0.2, 0) is 9.53 Å². The molecule has 0 aromatic heterocycles. The van der Waals surface area contributed by atoms with Gasteiger partial charge in [-0.25, -0.2) is 0 Å². The fourth-order valence-corrected chi connectivity index (χ4v) is 3.94. The number of amides is 1. The van der Waals surface area contributed by atoms with Crippen LogP contribution in [0.25, 0.3) is 0 Å². The third kappa shape index (κ3) is 4.33. The van der Waals surface area contributed by atoms with Crippen molar-refractivity contribution in [3.05, 3.63) is 35.9 Å². The summed E-state index contributed by atoms with van der Waals surface area (Å²) in [7, 11) is 0. The lowest BCUT2D eigenvalue weighted by molar-refractivity contribution is -0.122. The highest BCUT2D eigenvalue weighted by Crippen LogP contribution is 2.33. The average molecular weight is 316 g/mol. The van der Waals surface area contributed by atoms with Crippen LogP contribution in [-0.4, -0.2) is 25.1 Å². The molecule has 0 spiro atoms. The molecule has 1 heterocycles. The topological polar surface area (TPSA) is 64.4 Å². The predicted octanol–water partition coefficient (Wildman–Crippen LogP) is 2.79. The number of nitrogens with one attached hydrogen (secondary N) is 1. The molecule has 2 unspecified atom stereocenters. The highest BCUT2D eigenvalue weighted by atomic mass is 16.5. The Morgan fingerprint density at radius 3 is 2.65 bits per heavy atom. The van der Waals surface area contributed by atoms with Gasteiger partial charge in [0, 0.05) is 31.5 Å². The molecule has 1 amide bonds. The number of rotatable bonds is 5. The maximum atomic E-state index is 12.2. The molecule has 0 radical (unpaired) electrons. The Morgan fingerprint density at radius 1 is 1.13 bits per heavy atom. The largest absolute Gasteiger partial charge is 0.373 e. The zero-order valence-corrected chi connectivity index (χ0v) is 13.7. The number of hydrogen-bond acceptors (Lipinski definition) is 3. The first-order chi connectivity index (χ1) is 11.2. The summed E-state index contributed by atoms with van der Waals surface area (Å²) < 4.78 is 5.99. The van der Waals surface area contributed by atoms with E-state index in [0.29, 0.717) is 24.8 Å². The molecule has 1 aliphatic carbocycles. The molecule has 2 aliphatic rings. The molecule has 3 rings (SSSR count). The first-order valence-electron chi connectivity index (χ1n) is 8.93. The fourth-order valence-electron chi connectivity index (χ4n) is 3.94. The first-order valence-corrected chi connectivity index (χ1v) is 8.93. The minimum absolute atomic E-state index is 0.0963. The maximum Gasteiger partial charge on any atom is 0.220 e. The van der Waals surface area contributed by atoms with E-state index in [9.17, 15) is 4.79 Å². The fraction of sp³-hybridized carbons (Fsp3) is 0.632. The van der Waals surface area contributed by atoms with Crippen molar-refractivity contribution in [3.8, 4) is 0 Å². The van der Waals surface area contributed by atoms with Crippen molar-refractivity contribution in [1.29, 1.82) is 0 Å². The van der Waals surface area contributed by atoms with Gasteiger partial charge < -0.3 is 15.8 Å². The van der Waals surface area contributed by atoms with Crippen molar-refractivity contribution >= 4 is 5.91 Å². The van der Waals surface area contributed by atoms with E-state index in [1.54, 1.807) is 0 Å². The van der Waals surface area contributed by atoms with E-state index in [0.717, 1.165) is 38.7 Å². The smallest absolute Gasteiger partial charge is 0.220 e. The Bertz CT molecular complexity index is 505. The lowest BCUT2D eigenvalue weighted by Gasteiger charge is -2.32. The zero-order chi connectivity index (χ0) is 16.1. The van der Waals surface area contributed by atoms with Crippen LogP contribution in [0.15, 0.2) is 30.3 Å². The summed E-state index contributed by atoms with van der Waals surface area (Å²) in [6.45, 7) is 1.50. The molecule has 3 N–H and O–H groups in total. The number of hydrogen-bond donors (Lipinski definition) is 2. The van der Waals surface area contributed by atoms with Crippen LogP contribution < -0.4 is 11.1 Å². The minimum Gasteiger partial charge on any atom is -0.373 e. The Balaban J connectivity index is 1.52. The molecule has 4 heteroatoms. The van der Waals surface area contributed by atoms with Gasteiger partial charge in [0.15, 0.2) is 0 Å². The molecule has 0 bridgehead atoms. The second kappa shape index (κ2) is 7.93. The zero-order valence-electron chi connectivity index (χ0n) is 13.7. The van der Waals surface area contributed by atoms with Crippen LogP contribution in [0.2, 0.25) is 0 Å². The molecule has 1 aromatic carbocycles. The Labute approximate surface area is 138 Å². The van der Waals surface area contributed by atoms with Crippen LogP contribution in [0.1, 0.15) is 50.2 Å². The number of carbonyl (C=O) groups excluding carboxylic acids is 1. The summed E-state index contributed by atoms with van der Waals surface area (Å²) in [4.78, 5) is 12.2. The number of nitrogens with two attached hydrogens (primary N) is 1. The molecule has 1 saturated carbocycles. The summed E-state index contributed by atoms with van der Waals surface area (Å²) in [6.07, 6.45) is 6.15. The Hall–Kier alpha value is -1.39. The quantitative estimate of drug-likeness (QED) is 0.878. The number of benzene rings is 1. The van der Waals surface area contributed by atoms with E-state index >= 15 is 0 Å². The molecular formula is C19H28N2O2. The molecule has 1 saturated heterocycles. The Kier molecular flexibility index (Phi) is 5.68. The number of carbonyl (C=O) groups is 1. The van der Waals surface area contributed by atoms with Crippen LogP contribution >= 0.6 is 0 Å². The molecule has 1 aliphatic heterocycles. The van der Waals surface area contributed by atoms with Gasteiger partial charge in [0.05, 0.1) is 6.10 Å².